The summed E-state index contributed by atoms with van der Waals surface area (Å²) < 4.78 is 73.1. The van der Waals surface area contributed by atoms with Gasteiger partial charge in [0.25, 0.3) is 0 Å². The van der Waals surface area contributed by atoms with Crippen LogP contribution in [-0.2, 0) is 14.8 Å². The number of carbonyl (C=O) groups excluding carboxylic acids is 1. The van der Waals surface area contributed by atoms with E-state index in [9.17, 15) is 31.2 Å². The van der Waals surface area contributed by atoms with E-state index in [-0.39, 0.29) is 37.0 Å². The van der Waals surface area contributed by atoms with E-state index in [1.54, 1.807) is 25.9 Å². The Hall–Kier alpha value is -3.17. The summed E-state index contributed by atoms with van der Waals surface area (Å²) in [6.45, 7) is 0.617. The second-order valence-corrected chi connectivity index (χ2v) is 10.9. The molecule has 204 valence electrons. The van der Waals surface area contributed by atoms with Crippen molar-refractivity contribution in [3.63, 3.8) is 0 Å². The van der Waals surface area contributed by atoms with Crippen molar-refractivity contribution in [2.45, 2.75) is 19.1 Å². The first-order valence-electron chi connectivity index (χ1n) is 11.2. The molecule has 1 fully saturated rings. The number of aryl methyl sites for hydroxylation is 1. The van der Waals surface area contributed by atoms with Gasteiger partial charge < -0.3 is 19.5 Å². The molecule has 1 aliphatic rings. The number of H-pyrrole nitrogens is 1. The van der Waals surface area contributed by atoms with E-state index in [1.807, 2.05) is 0 Å². The molecule has 2 aromatic heterocycles. The van der Waals surface area contributed by atoms with Crippen molar-refractivity contribution in [1.29, 1.82) is 0 Å². The summed E-state index contributed by atoms with van der Waals surface area (Å²) in [5, 5.41) is 2.40. The minimum atomic E-state index is -4.77. The highest BCUT2D eigenvalue weighted by Gasteiger charge is 2.48. The van der Waals surface area contributed by atoms with E-state index >= 15 is 0 Å². The number of sulfonamides is 1. The Balaban J connectivity index is 1.97. The molecular formula is C22H29F3N6O5S. The topological polar surface area (TPSA) is 128 Å². The van der Waals surface area contributed by atoms with E-state index in [0.717, 1.165) is 9.21 Å². The monoisotopic (exact) mass is 546 g/mol. The molecule has 3 heterocycles. The van der Waals surface area contributed by atoms with Gasteiger partial charge in [0, 0.05) is 38.4 Å². The fourth-order valence-electron chi connectivity index (χ4n) is 3.90. The third-order valence-corrected chi connectivity index (χ3v) is 7.70. The Morgan fingerprint density at radius 3 is 2.59 bits per heavy atom. The maximum absolute atomic E-state index is 14.1. The number of halogens is 3. The fourth-order valence-corrected chi connectivity index (χ4v) is 5.49. The molecule has 37 heavy (non-hydrogen) atoms. The quantitative estimate of drug-likeness (QED) is 0.539. The van der Waals surface area contributed by atoms with Gasteiger partial charge in [-0.1, -0.05) is 0 Å². The van der Waals surface area contributed by atoms with Gasteiger partial charge in [-0.3, -0.25) is 10.1 Å². The third-order valence-electron chi connectivity index (χ3n) is 5.88. The molecule has 15 heteroatoms. The van der Waals surface area contributed by atoms with Gasteiger partial charge in [0.1, 0.15) is 17.7 Å². The number of carbonyl (C=O) groups is 1. The molecule has 0 spiro atoms. The second-order valence-electron chi connectivity index (χ2n) is 8.85. The summed E-state index contributed by atoms with van der Waals surface area (Å²) >= 11 is 0. The number of rotatable bonds is 7. The van der Waals surface area contributed by atoms with Crippen molar-refractivity contribution in [1.82, 2.24) is 19.2 Å². The fraction of sp³-hybridized carbons (Fsp3) is 0.500. The summed E-state index contributed by atoms with van der Waals surface area (Å²) in [4.78, 5) is 33.2. The van der Waals surface area contributed by atoms with Crippen molar-refractivity contribution < 1.29 is 31.1 Å². The number of piperazine rings is 1. The van der Waals surface area contributed by atoms with E-state index < -0.39 is 40.4 Å². The lowest BCUT2D eigenvalue weighted by atomic mass is 10.0. The molecule has 11 nitrogen and oxygen atoms in total. The minimum Gasteiger partial charge on any atom is -0.453 e. The van der Waals surface area contributed by atoms with Crippen LogP contribution in [0.5, 0.6) is 0 Å². The number of nitrogens with one attached hydrogen (secondary N) is 2. The Labute approximate surface area is 212 Å². The van der Waals surface area contributed by atoms with Crippen LogP contribution in [0.25, 0.3) is 11.1 Å². The van der Waals surface area contributed by atoms with Crippen LogP contribution in [0.1, 0.15) is 5.56 Å². The molecule has 3 rings (SSSR count). The molecule has 1 amide bonds. The van der Waals surface area contributed by atoms with Crippen LogP contribution in [0.4, 0.5) is 29.6 Å². The Morgan fingerprint density at radius 1 is 1.27 bits per heavy atom. The molecule has 1 saturated heterocycles. The molecule has 0 unspecified atom stereocenters. The van der Waals surface area contributed by atoms with Gasteiger partial charge in [-0.05, 0) is 49.8 Å². The molecule has 0 aromatic carbocycles. The van der Waals surface area contributed by atoms with Crippen molar-refractivity contribution >= 4 is 27.8 Å². The van der Waals surface area contributed by atoms with Crippen LogP contribution in [-0.4, -0.2) is 99.0 Å². The molecule has 0 bridgehead atoms. The number of methoxy groups -OCH3 is 1. The van der Waals surface area contributed by atoms with Crippen LogP contribution >= 0.6 is 0 Å². The number of ether oxygens (including phenoxy) is 1. The summed E-state index contributed by atoms with van der Waals surface area (Å²) in [7, 11) is 0.610. The first kappa shape index (κ1) is 28.4. The highest BCUT2D eigenvalue weighted by molar-refractivity contribution is 7.89. The van der Waals surface area contributed by atoms with Crippen LogP contribution in [0.2, 0.25) is 0 Å². The highest BCUT2D eigenvalue weighted by Crippen LogP contribution is 2.33. The predicted octanol–water partition coefficient (Wildman–Crippen LogP) is 1.87. The van der Waals surface area contributed by atoms with Crippen molar-refractivity contribution in [3.05, 3.63) is 40.3 Å². The molecule has 2 N–H and O–H groups in total. The Morgan fingerprint density at radius 2 is 1.97 bits per heavy atom. The van der Waals surface area contributed by atoms with Gasteiger partial charge in [-0.15, -0.1) is 0 Å². The van der Waals surface area contributed by atoms with Crippen LogP contribution in [0.3, 0.4) is 0 Å². The van der Waals surface area contributed by atoms with E-state index in [4.69, 9.17) is 0 Å². The lowest BCUT2D eigenvalue weighted by Crippen LogP contribution is -2.61. The average Bonchev–Trinajstić information content (AvgIpc) is 2.82. The highest BCUT2D eigenvalue weighted by atomic mass is 32.2. The van der Waals surface area contributed by atoms with Gasteiger partial charge in [0.2, 0.25) is 15.6 Å². The normalized spacial score (nSPS) is 17.2. The maximum Gasteiger partial charge on any atom is 0.412 e. The first-order valence-corrected chi connectivity index (χ1v) is 12.8. The number of hydrogen-bond donors (Lipinski definition) is 2. The molecule has 0 saturated carbocycles. The number of alkyl halides is 3. The standard InChI is InChI=1S/C22H29F3N6O5S/c1-14-12-26-18(27-21(33)36-4)11-16(14)15-9-19(28-20(32)10-15)31-6-5-30(13-17(31)22(23,24)25)37(34,35)8-7-29(2)3/h9-12,17H,5-8,13H2,1-4H3,(H,28,32)(H,26,27,33)/t17-/m1/s1. The maximum atomic E-state index is 14.1. The zero-order chi connectivity index (χ0) is 27.5. The van der Waals surface area contributed by atoms with Gasteiger partial charge in [0.05, 0.1) is 12.9 Å². The molecule has 1 atom stereocenters. The van der Waals surface area contributed by atoms with Gasteiger partial charge in [-0.2, -0.15) is 17.5 Å². The lowest BCUT2D eigenvalue weighted by molar-refractivity contribution is -0.153. The number of nitrogens with zero attached hydrogens (tertiary/aromatic N) is 4. The molecule has 0 radical (unpaired) electrons. The van der Waals surface area contributed by atoms with Gasteiger partial charge in [0.15, 0.2) is 0 Å². The van der Waals surface area contributed by atoms with Crippen molar-refractivity contribution in [2.24, 2.45) is 0 Å². The predicted molar refractivity (Wildman–Crippen MR) is 132 cm³/mol. The van der Waals surface area contributed by atoms with Crippen molar-refractivity contribution in [3.8, 4) is 11.1 Å². The van der Waals surface area contributed by atoms with E-state index in [1.165, 1.54) is 31.5 Å². The van der Waals surface area contributed by atoms with Crippen LogP contribution in [0.15, 0.2) is 29.2 Å². The summed E-state index contributed by atoms with van der Waals surface area (Å²) in [5.41, 5.74) is 0.722. The minimum absolute atomic E-state index is 0.103. The molecule has 2 aromatic rings. The van der Waals surface area contributed by atoms with Crippen molar-refractivity contribution in [2.75, 3.05) is 63.4 Å². The van der Waals surface area contributed by atoms with Gasteiger partial charge in [-0.25, -0.2) is 18.2 Å². The SMILES string of the molecule is COC(=O)Nc1cc(-c2cc(N3CCN(S(=O)(=O)CCN(C)C)C[C@@H]3C(F)(F)F)[nH]c(=O)c2)c(C)cn1. The van der Waals surface area contributed by atoms with E-state index in [2.05, 4.69) is 20.0 Å². The third kappa shape index (κ3) is 6.99. The Kier molecular flexibility index (Phi) is 8.49. The number of hydrogen-bond acceptors (Lipinski definition) is 8. The number of amides is 1. The second kappa shape index (κ2) is 11.1. The first-order chi connectivity index (χ1) is 17.2. The smallest absolute Gasteiger partial charge is 0.412 e. The molecule has 1 aliphatic heterocycles. The average molecular weight is 547 g/mol. The number of aromatic amines is 1. The van der Waals surface area contributed by atoms with Crippen LogP contribution in [0, 0.1) is 6.92 Å². The largest absolute Gasteiger partial charge is 0.453 e. The summed E-state index contributed by atoms with van der Waals surface area (Å²) in [5.74, 6) is -0.284. The number of aromatic nitrogens is 2. The molecular weight excluding hydrogens is 517 g/mol. The molecule has 0 aliphatic carbocycles. The summed E-state index contributed by atoms with van der Waals surface area (Å²) in [6.07, 6.45) is -4.09. The zero-order valence-electron chi connectivity index (χ0n) is 20.8. The number of anilines is 2. The van der Waals surface area contributed by atoms with Crippen LogP contribution < -0.4 is 15.8 Å². The van der Waals surface area contributed by atoms with Gasteiger partial charge >= 0.3 is 12.3 Å². The number of pyridine rings is 2. The summed E-state index contributed by atoms with van der Waals surface area (Å²) in [6, 6.07) is 1.91. The van der Waals surface area contributed by atoms with E-state index in [0.29, 0.717) is 16.7 Å². The lowest BCUT2D eigenvalue weighted by Gasteiger charge is -2.42. The Bertz CT molecular complexity index is 1300. The zero-order valence-corrected chi connectivity index (χ0v) is 21.6.